The molecule has 2 fully saturated rings. The van der Waals surface area contributed by atoms with Crippen molar-refractivity contribution in [2.24, 2.45) is 0 Å². The number of hydrogen-bond acceptors (Lipinski definition) is 6. The summed E-state index contributed by atoms with van der Waals surface area (Å²) in [6.45, 7) is 0. The smallest absolute Gasteiger partial charge is 0.308 e. The van der Waals surface area contributed by atoms with Gasteiger partial charge >= 0.3 is 11.9 Å². The molecular formula is C16H26O6. The molecule has 0 unspecified atom stereocenters. The minimum atomic E-state index is -1.37. The van der Waals surface area contributed by atoms with Crippen LogP contribution in [0.3, 0.4) is 0 Å². The molecule has 2 aliphatic rings. The van der Waals surface area contributed by atoms with E-state index in [4.69, 9.17) is 9.47 Å². The molecule has 0 heterocycles. The van der Waals surface area contributed by atoms with Gasteiger partial charge in [0.05, 0.1) is 12.8 Å². The molecule has 0 aromatic carbocycles. The Kier molecular flexibility index (Phi) is 5.81. The summed E-state index contributed by atoms with van der Waals surface area (Å²) in [4.78, 5) is 23.5. The lowest BCUT2D eigenvalue weighted by Crippen LogP contribution is -2.38. The molecule has 0 aliphatic heterocycles. The average Bonchev–Trinajstić information content (AvgIpc) is 2.46. The van der Waals surface area contributed by atoms with Crippen molar-refractivity contribution in [3.63, 3.8) is 0 Å². The number of hydrogen-bond donors (Lipinski definition) is 2. The Morgan fingerprint density at radius 3 is 1.32 bits per heavy atom. The van der Waals surface area contributed by atoms with Gasteiger partial charge in [0.25, 0.3) is 0 Å². The Labute approximate surface area is 130 Å². The summed E-state index contributed by atoms with van der Waals surface area (Å²) >= 11 is 0. The van der Waals surface area contributed by atoms with Crippen molar-refractivity contribution in [2.75, 3.05) is 0 Å². The quantitative estimate of drug-likeness (QED) is 0.596. The van der Waals surface area contributed by atoms with Crippen LogP contribution in [-0.2, 0) is 19.1 Å². The largest absolute Gasteiger partial charge is 0.433 e. The van der Waals surface area contributed by atoms with E-state index in [9.17, 15) is 19.8 Å². The monoisotopic (exact) mass is 314 g/mol. The predicted octanol–water partition coefficient (Wildman–Crippen LogP) is 2.16. The van der Waals surface area contributed by atoms with Gasteiger partial charge in [-0.1, -0.05) is 12.8 Å². The Bertz CT molecular complexity index is 355. The van der Waals surface area contributed by atoms with Crippen LogP contribution in [0.4, 0.5) is 0 Å². The van der Waals surface area contributed by atoms with Gasteiger partial charge in [-0.3, -0.25) is 9.59 Å². The van der Waals surface area contributed by atoms with Gasteiger partial charge in [-0.25, -0.2) is 0 Å². The molecule has 2 aliphatic carbocycles. The molecule has 0 bridgehead atoms. The third kappa shape index (κ3) is 5.25. The molecule has 2 rings (SSSR count). The lowest BCUT2D eigenvalue weighted by atomic mass is 9.94. The molecular weight excluding hydrogens is 288 g/mol. The van der Waals surface area contributed by atoms with Crippen LogP contribution in [0.2, 0.25) is 0 Å². The van der Waals surface area contributed by atoms with Crippen LogP contribution in [0.15, 0.2) is 0 Å². The first-order chi connectivity index (χ1) is 10.4. The highest BCUT2D eigenvalue weighted by Gasteiger charge is 2.35. The zero-order valence-corrected chi connectivity index (χ0v) is 13.0. The highest BCUT2D eigenvalue weighted by molar-refractivity contribution is 5.78. The van der Waals surface area contributed by atoms with Crippen molar-refractivity contribution in [3.05, 3.63) is 0 Å². The second-order valence-electron chi connectivity index (χ2n) is 6.46. The van der Waals surface area contributed by atoms with E-state index in [-0.39, 0.29) is 12.8 Å². The SMILES string of the molecule is O=C(CCC(=O)OC1(O)CCCCC1)OC1(O)CCCCC1. The van der Waals surface area contributed by atoms with Gasteiger partial charge < -0.3 is 19.7 Å². The molecule has 0 aromatic heterocycles. The van der Waals surface area contributed by atoms with E-state index < -0.39 is 23.5 Å². The Morgan fingerprint density at radius 2 is 1.00 bits per heavy atom. The maximum absolute atomic E-state index is 11.7. The van der Waals surface area contributed by atoms with E-state index in [0.29, 0.717) is 25.7 Å². The Balaban J connectivity index is 1.70. The lowest BCUT2D eigenvalue weighted by molar-refractivity contribution is -0.226. The minimum Gasteiger partial charge on any atom is -0.433 e. The molecule has 6 nitrogen and oxygen atoms in total. The van der Waals surface area contributed by atoms with Gasteiger partial charge in [-0.05, 0) is 25.7 Å². The fraction of sp³-hybridized carbons (Fsp3) is 0.875. The van der Waals surface area contributed by atoms with Gasteiger partial charge in [0.2, 0.25) is 11.6 Å². The van der Waals surface area contributed by atoms with E-state index in [2.05, 4.69) is 0 Å². The van der Waals surface area contributed by atoms with Gasteiger partial charge in [0, 0.05) is 25.7 Å². The number of rotatable bonds is 5. The fourth-order valence-corrected chi connectivity index (χ4v) is 3.14. The maximum Gasteiger partial charge on any atom is 0.308 e. The molecule has 0 aromatic rings. The molecule has 0 atom stereocenters. The summed E-state index contributed by atoms with van der Waals surface area (Å²) in [5, 5.41) is 20.2. The third-order valence-electron chi connectivity index (χ3n) is 4.41. The predicted molar refractivity (Wildman–Crippen MR) is 77.5 cm³/mol. The normalized spacial score (nSPS) is 23.5. The standard InChI is InChI=1S/C16H26O6/c17-13(21-15(19)9-3-1-4-10-15)7-8-14(18)22-16(20)11-5-2-6-12-16/h19-20H,1-12H2. The van der Waals surface area contributed by atoms with Gasteiger partial charge in [0.15, 0.2) is 0 Å². The van der Waals surface area contributed by atoms with Crippen molar-refractivity contribution in [2.45, 2.75) is 88.6 Å². The summed E-state index contributed by atoms with van der Waals surface area (Å²) in [5.74, 6) is -3.95. The fourth-order valence-electron chi connectivity index (χ4n) is 3.14. The number of aliphatic hydroxyl groups is 2. The highest BCUT2D eigenvalue weighted by Crippen LogP contribution is 2.31. The summed E-state index contributed by atoms with van der Waals surface area (Å²) < 4.78 is 10.2. The summed E-state index contributed by atoms with van der Waals surface area (Å²) in [7, 11) is 0. The molecule has 0 radical (unpaired) electrons. The highest BCUT2D eigenvalue weighted by atomic mass is 16.7. The van der Waals surface area contributed by atoms with Crippen molar-refractivity contribution >= 4 is 11.9 Å². The van der Waals surface area contributed by atoms with Gasteiger partial charge in [-0.2, -0.15) is 0 Å². The first kappa shape index (κ1) is 17.2. The second kappa shape index (κ2) is 7.42. The summed E-state index contributed by atoms with van der Waals surface area (Å²) in [6.07, 6.45) is 6.90. The lowest BCUT2D eigenvalue weighted by Gasteiger charge is -2.32. The van der Waals surface area contributed by atoms with Gasteiger partial charge in [-0.15, -0.1) is 0 Å². The summed E-state index contributed by atoms with van der Waals surface area (Å²) in [6, 6.07) is 0. The molecule has 0 amide bonds. The average molecular weight is 314 g/mol. The van der Waals surface area contributed by atoms with Crippen molar-refractivity contribution < 1.29 is 29.3 Å². The number of carbonyl (C=O) groups is 2. The number of esters is 2. The van der Waals surface area contributed by atoms with Crippen LogP contribution in [0.1, 0.15) is 77.0 Å². The van der Waals surface area contributed by atoms with E-state index in [1.807, 2.05) is 0 Å². The van der Waals surface area contributed by atoms with Crippen LogP contribution in [0, 0.1) is 0 Å². The maximum atomic E-state index is 11.7. The second-order valence-corrected chi connectivity index (χ2v) is 6.46. The van der Waals surface area contributed by atoms with E-state index in [1.165, 1.54) is 0 Å². The van der Waals surface area contributed by atoms with E-state index in [1.54, 1.807) is 0 Å². The van der Waals surface area contributed by atoms with Crippen LogP contribution in [0.5, 0.6) is 0 Å². The number of carbonyl (C=O) groups excluding carboxylic acids is 2. The Hall–Kier alpha value is -1.14. The molecule has 0 spiro atoms. The van der Waals surface area contributed by atoms with Crippen LogP contribution in [-0.4, -0.2) is 33.7 Å². The van der Waals surface area contributed by atoms with Crippen LogP contribution >= 0.6 is 0 Å². The van der Waals surface area contributed by atoms with Crippen molar-refractivity contribution in [1.29, 1.82) is 0 Å². The minimum absolute atomic E-state index is 0.142. The topological polar surface area (TPSA) is 93.1 Å². The van der Waals surface area contributed by atoms with Gasteiger partial charge in [0.1, 0.15) is 0 Å². The zero-order valence-electron chi connectivity index (χ0n) is 13.0. The van der Waals surface area contributed by atoms with E-state index in [0.717, 1.165) is 38.5 Å². The molecule has 6 heteroatoms. The van der Waals surface area contributed by atoms with Crippen molar-refractivity contribution in [1.82, 2.24) is 0 Å². The van der Waals surface area contributed by atoms with Crippen LogP contribution < -0.4 is 0 Å². The molecule has 22 heavy (non-hydrogen) atoms. The first-order valence-electron chi connectivity index (χ1n) is 8.29. The molecule has 126 valence electrons. The zero-order chi connectivity index (χ0) is 16.1. The first-order valence-corrected chi connectivity index (χ1v) is 8.29. The molecule has 2 N–H and O–H groups in total. The Morgan fingerprint density at radius 1 is 0.682 bits per heavy atom. The van der Waals surface area contributed by atoms with E-state index >= 15 is 0 Å². The molecule has 2 saturated carbocycles. The molecule has 0 saturated heterocycles. The third-order valence-corrected chi connectivity index (χ3v) is 4.41. The summed E-state index contributed by atoms with van der Waals surface area (Å²) in [5.41, 5.74) is 0. The number of ether oxygens (including phenoxy) is 2. The van der Waals surface area contributed by atoms with Crippen molar-refractivity contribution in [3.8, 4) is 0 Å². The van der Waals surface area contributed by atoms with Crippen LogP contribution in [0.25, 0.3) is 0 Å².